The third-order valence-corrected chi connectivity index (χ3v) is 6.83. The summed E-state index contributed by atoms with van der Waals surface area (Å²) in [5, 5.41) is 6.04. The SMILES string of the molecule is CCCC1(CCC)NC(=O)N(CC(=O)NC2(c3ccc4c(c3)OCCO4)CCCC2)C1=O. The summed E-state index contributed by atoms with van der Waals surface area (Å²) in [4.78, 5) is 39.9. The first-order valence-corrected chi connectivity index (χ1v) is 11.8. The van der Waals surface area contributed by atoms with E-state index >= 15 is 0 Å². The standard InChI is InChI=1S/C24H33N3O5/c1-3-9-24(10-4-2)21(29)27(22(30)26-24)16-20(28)25-23(11-5-6-12-23)17-7-8-18-19(15-17)32-14-13-31-18/h7-8,15H,3-6,9-14,16H2,1-2H3,(H,25,28)(H,26,30). The first kappa shape index (κ1) is 22.4. The van der Waals surface area contributed by atoms with Crippen molar-refractivity contribution < 1.29 is 23.9 Å². The van der Waals surface area contributed by atoms with Gasteiger partial charge in [0, 0.05) is 0 Å². The summed E-state index contributed by atoms with van der Waals surface area (Å²) < 4.78 is 11.4. The molecule has 1 saturated carbocycles. The smallest absolute Gasteiger partial charge is 0.325 e. The molecule has 0 radical (unpaired) electrons. The molecule has 2 heterocycles. The molecule has 32 heavy (non-hydrogen) atoms. The summed E-state index contributed by atoms with van der Waals surface area (Å²) >= 11 is 0. The van der Waals surface area contributed by atoms with Crippen LogP contribution in [0.25, 0.3) is 0 Å². The van der Waals surface area contributed by atoms with Crippen molar-refractivity contribution in [1.82, 2.24) is 15.5 Å². The Labute approximate surface area is 189 Å². The zero-order valence-electron chi connectivity index (χ0n) is 19.0. The predicted molar refractivity (Wildman–Crippen MR) is 119 cm³/mol. The highest BCUT2D eigenvalue weighted by atomic mass is 16.6. The van der Waals surface area contributed by atoms with Gasteiger partial charge in [-0.05, 0) is 43.4 Å². The zero-order valence-corrected chi connectivity index (χ0v) is 19.0. The first-order chi connectivity index (χ1) is 15.4. The number of urea groups is 1. The number of carbonyl (C=O) groups excluding carboxylic acids is 3. The summed E-state index contributed by atoms with van der Waals surface area (Å²) in [6, 6.07) is 5.32. The minimum atomic E-state index is -0.887. The Morgan fingerprint density at radius 1 is 1.06 bits per heavy atom. The first-order valence-electron chi connectivity index (χ1n) is 11.8. The molecule has 8 heteroatoms. The van der Waals surface area contributed by atoms with Crippen LogP contribution in [0, 0.1) is 0 Å². The van der Waals surface area contributed by atoms with E-state index < -0.39 is 17.1 Å². The molecular weight excluding hydrogens is 410 g/mol. The van der Waals surface area contributed by atoms with Crippen molar-refractivity contribution in [2.75, 3.05) is 19.8 Å². The molecule has 2 N–H and O–H groups in total. The van der Waals surface area contributed by atoms with Crippen LogP contribution in [0.15, 0.2) is 18.2 Å². The number of fused-ring (bicyclic) bond motifs is 1. The number of amides is 4. The molecular formula is C24H33N3O5. The molecule has 174 valence electrons. The van der Waals surface area contributed by atoms with E-state index in [2.05, 4.69) is 10.6 Å². The van der Waals surface area contributed by atoms with Crippen molar-refractivity contribution in [2.24, 2.45) is 0 Å². The third-order valence-electron chi connectivity index (χ3n) is 6.83. The molecule has 0 aromatic heterocycles. The van der Waals surface area contributed by atoms with Crippen LogP contribution in [0.1, 0.15) is 70.8 Å². The van der Waals surface area contributed by atoms with E-state index in [0.717, 1.165) is 49.0 Å². The van der Waals surface area contributed by atoms with Crippen molar-refractivity contribution in [3.63, 3.8) is 0 Å². The summed E-state index contributed by atoms with van der Waals surface area (Å²) in [6.45, 7) is 4.73. The Kier molecular flexibility index (Phi) is 6.31. The van der Waals surface area contributed by atoms with E-state index in [4.69, 9.17) is 9.47 Å². The molecule has 3 aliphatic rings. The van der Waals surface area contributed by atoms with E-state index in [1.807, 2.05) is 32.0 Å². The normalized spacial score (nSPS) is 20.9. The Bertz CT molecular complexity index is 888. The van der Waals surface area contributed by atoms with Gasteiger partial charge in [0.15, 0.2) is 11.5 Å². The Morgan fingerprint density at radius 2 is 1.72 bits per heavy atom. The number of nitrogens with zero attached hydrogens (tertiary/aromatic N) is 1. The lowest BCUT2D eigenvalue weighted by molar-refractivity contribution is -0.136. The average Bonchev–Trinajstić information content (AvgIpc) is 3.34. The van der Waals surface area contributed by atoms with Gasteiger partial charge in [0.2, 0.25) is 5.91 Å². The number of imide groups is 1. The largest absolute Gasteiger partial charge is 0.486 e. The molecule has 4 amide bonds. The third kappa shape index (κ3) is 4.02. The van der Waals surface area contributed by atoms with Gasteiger partial charge in [0.1, 0.15) is 25.3 Å². The number of rotatable bonds is 8. The van der Waals surface area contributed by atoms with Crippen LogP contribution in [0.5, 0.6) is 11.5 Å². The fraction of sp³-hybridized carbons (Fsp3) is 0.625. The highest BCUT2D eigenvalue weighted by molar-refractivity contribution is 6.09. The second-order valence-corrected chi connectivity index (χ2v) is 9.10. The van der Waals surface area contributed by atoms with Gasteiger partial charge in [-0.1, -0.05) is 45.6 Å². The van der Waals surface area contributed by atoms with Crippen molar-refractivity contribution in [1.29, 1.82) is 0 Å². The van der Waals surface area contributed by atoms with E-state index in [1.165, 1.54) is 0 Å². The van der Waals surface area contributed by atoms with Gasteiger partial charge in [0.25, 0.3) is 5.91 Å². The lowest BCUT2D eigenvalue weighted by atomic mass is 9.87. The van der Waals surface area contributed by atoms with Crippen LogP contribution in [0.3, 0.4) is 0 Å². The zero-order chi connectivity index (χ0) is 22.8. The minimum absolute atomic E-state index is 0.272. The fourth-order valence-electron chi connectivity index (χ4n) is 5.39. The van der Waals surface area contributed by atoms with Gasteiger partial charge in [0.05, 0.1) is 5.54 Å². The molecule has 8 nitrogen and oxygen atoms in total. The lowest BCUT2D eigenvalue weighted by Gasteiger charge is -2.33. The number of hydrogen-bond acceptors (Lipinski definition) is 5. The number of ether oxygens (including phenoxy) is 2. The maximum atomic E-state index is 13.1. The average molecular weight is 444 g/mol. The van der Waals surface area contributed by atoms with Gasteiger partial charge in [-0.2, -0.15) is 0 Å². The Morgan fingerprint density at radius 3 is 2.38 bits per heavy atom. The molecule has 0 spiro atoms. The highest BCUT2D eigenvalue weighted by Crippen LogP contribution is 2.42. The molecule has 0 bridgehead atoms. The van der Waals surface area contributed by atoms with Crippen LogP contribution in [0.2, 0.25) is 0 Å². The maximum absolute atomic E-state index is 13.1. The number of benzene rings is 1. The number of hydrogen-bond donors (Lipinski definition) is 2. The van der Waals surface area contributed by atoms with Crippen LogP contribution in [-0.4, -0.2) is 48.0 Å². The summed E-state index contributed by atoms with van der Waals surface area (Å²) in [6.07, 6.45) is 6.29. The molecule has 0 atom stereocenters. The van der Waals surface area contributed by atoms with Gasteiger partial charge in [-0.3, -0.25) is 14.5 Å². The Balaban J connectivity index is 1.51. The van der Waals surface area contributed by atoms with Gasteiger partial charge in [-0.25, -0.2) is 4.79 Å². The summed E-state index contributed by atoms with van der Waals surface area (Å²) in [5.74, 6) is 0.782. The lowest BCUT2D eigenvalue weighted by Crippen LogP contribution is -2.50. The number of nitrogens with one attached hydrogen (secondary N) is 2. The van der Waals surface area contributed by atoms with E-state index in [1.54, 1.807) is 0 Å². The van der Waals surface area contributed by atoms with Gasteiger partial charge >= 0.3 is 6.03 Å². The molecule has 2 fully saturated rings. The van der Waals surface area contributed by atoms with Crippen molar-refractivity contribution >= 4 is 17.8 Å². The quantitative estimate of drug-likeness (QED) is 0.601. The van der Waals surface area contributed by atoms with Crippen molar-refractivity contribution in [3.05, 3.63) is 23.8 Å². The second-order valence-electron chi connectivity index (χ2n) is 9.10. The van der Waals surface area contributed by atoms with Crippen molar-refractivity contribution in [3.8, 4) is 11.5 Å². The predicted octanol–water partition coefficient (Wildman–Crippen LogP) is 3.23. The van der Waals surface area contributed by atoms with E-state index in [0.29, 0.717) is 37.6 Å². The molecule has 1 aromatic rings. The Hall–Kier alpha value is -2.77. The minimum Gasteiger partial charge on any atom is -0.486 e. The summed E-state index contributed by atoms with van der Waals surface area (Å²) in [5.41, 5.74) is -0.450. The van der Waals surface area contributed by atoms with Crippen LogP contribution >= 0.6 is 0 Å². The number of carbonyl (C=O) groups is 3. The van der Waals surface area contributed by atoms with E-state index in [9.17, 15) is 14.4 Å². The van der Waals surface area contributed by atoms with Gasteiger partial charge < -0.3 is 20.1 Å². The van der Waals surface area contributed by atoms with E-state index in [-0.39, 0.29) is 18.4 Å². The van der Waals surface area contributed by atoms with Crippen LogP contribution < -0.4 is 20.1 Å². The second kappa shape index (κ2) is 9.00. The van der Waals surface area contributed by atoms with Crippen molar-refractivity contribution in [2.45, 2.75) is 76.3 Å². The molecule has 1 saturated heterocycles. The summed E-state index contributed by atoms with van der Waals surface area (Å²) in [7, 11) is 0. The monoisotopic (exact) mass is 443 g/mol. The molecule has 0 unspecified atom stereocenters. The highest BCUT2D eigenvalue weighted by Gasteiger charge is 2.50. The van der Waals surface area contributed by atoms with Crippen LogP contribution in [-0.2, 0) is 15.1 Å². The molecule has 1 aromatic carbocycles. The topological polar surface area (TPSA) is 97.0 Å². The van der Waals surface area contributed by atoms with Gasteiger partial charge in [-0.15, -0.1) is 0 Å². The molecule has 1 aliphatic carbocycles. The molecule has 4 rings (SSSR count). The molecule has 2 aliphatic heterocycles. The maximum Gasteiger partial charge on any atom is 0.325 e. The fourth-order valence-corrected chi connectivity index (χ4v) is 5.39. The van der Waals surface area contributed by atoms with Crippen LogP contribution in [0.4, 0.5) is 4.79 Å².